The minimum atomic E-state index is -0.192. The summed E-state index contributed by atoms with van der Waals surface area (Å²) in [6.45, 7) is 3.46. The van der Waals surface area contributed by atoms with Crippen LogP contribution < -0.4 is 5.32 Å². The maximum atomic E-state index is 12.3. The van der Waals surface area contributed by atoms with Crippen molar-refractivity contribution in [1.82, 2.24) is 10.3 Å². The second-order valence-corrected chi connectivity index (χ2v) is 6.27. The maximum absolute atomic E-state index is 12.3. The van der Waals surface area contributed by atoms with Gasteiger partial charge in [0.1, 0.15) is 5.69 Å². The predicted octanol–water partition coefficient (Wildman–Crippen LogP) is 3.59. The quantitative estimate of drug-likeness (QED) is 0.848. The van der Waals surface area contributed by atoms with E-state index in [9.17, 15) is 9.59 Å². The molecular formula is C19H22N2O2. The van der Waals surface area contributed by atoms with Gasteiger partial charge < -0.3 is 10.3 Å². The van der Waals surface area contributed by atoms with Gasteiger partial charge in [0.2, 0.25) is 0 Å². The molecule has 0 aliphatic heterocycles. The first kappa shape index (κ1) is 15.5. The lowest BCUT2D eigenvalue weighted by atomic mass is 9.89. The average molecular weight is 310 g/mol. The van der Waals surface area contributed by atoms with Gasteiger partial charge in [-0.2, -0.15) is 0 Å². The number of aromatic nitrogens is 1. The number of hydrogen-bond acceptors (Lipinski definition) is 2. The van der Waals surface area contributed by atoms with Gasteiger partial charge in [-0.25, -0.2) is 0 Å². The van der Waals surface area contributed by atoms with Crippen molar-refractivity contribution < 1.29 is 9.59 Å². The summed E-state index contributed by atoms with van der Waals surface area (Å²) >= 11 is 0. The minimum absolute atomic E-state index is 0.0706. The molecule has 23 heavy (non-hydrogen) atoms. The van der Waals surface area contributed by atoms with Crippen LogP contribution in [-0.4, -0.2) is 16.7 Å². The smallest absolute Gasteiger partial charge is 0.268 e. The molecule has 4 heteroatoms. The van der Waals surface area contributed by atoms with Gasteiger partial charge in [-0.15, -0.1) is 0 Å². The van der Waals surface area contributed by atoms with Crippen LogP contribution >= 0.6 is 0 Å². The predicted molar refractivity (Wildman–Crippen MR) is 89.8 cm³/mol. The third-order valence-corrected chi connectivity index (χ3v) is 4.53. The van der Waals surface area contributed by atoms with E-state index in [-0.39, 0.29) is 17.7 Å². The zero-order chi connectivity index (χ0) is 16.4. The zero-order valence-corrected chi connectivity index (χ0v) is 13.6. The highest BCUT2D eigenvalue weighted by Gasteiger charge is 2.16. The first-order valence-electron chi connectivity index (χ1n) is 8.17. The summed E-state index contributed by atoms with van der Waals surface area (Å²) in [5, 5.41) is 2.99. The number of carbonyl (C=O) groups excluding carboxylic acids is 2. The van der Waals surface area contributed by atoms with Crippen molar-refractivity contribution in [2.45, 2.75) is 45.6 Å². The molecule has 2 aromatic rings. The van der Waals surface area contributed by atoms with Crippen LogP contribution in [0.1, 0.15) is 70.4 Å². The van der Waals surface area contributed by atoms with E-state index in [1.807, 2.05) is 6.92 Å². The molecule has 0 spiro atoms. The number of H-pyrrole nitrogens is 1. The Bertz CT molecular complexity index is 746. The van der Waals surface area contributed by atoms with Crippen LogP contribution in [0.15, 0.2) is 30.3 Å². The van der Waals surface area contributed by atoms with Crippen LogP contribution in [0.3, 0.4) is 0 Å². The lowest BCUT2D eigenvalue weighted by Crippen LogP contribution is -2.27. The Kier molecular flexibility index (Phi) is 4.33. The van der Waals surface area contributed by atoms with E-state index in [1.54, 1.807) is 12.1 Å². The summed E-state index contributed by atoms with van der Waals surface area (Å²) in [7, 11) is 0. The van der Waals surface area contributed by atoms with Crippen molar-refractivity contribution in [3.8, 4) is 0 Å². The number of aromatic amines is 1. The van der Waals surface area contributed by atoms with E-state index in [0.717, 1.165) is 18.4 Å². The second kappa shape index (κ2) is 6.41. The van der Waals surface area contributed by atoms with Gasteiger partial charge in [-0.1, -0.05) is 18.2 Å². The molecule has 1 aromatic heterocycles. The Labute approximate surface area is 136 Å². The van der Waals surface area contributed by atoms with Crippen molar-refractivity contribution in [3.63, 3.8) is 0 Å². The molecule has 0 fully saturated rings. The molecule has 3 rings (SSSR count). The van der Waals surface area contributed by atoms with E-state index in [1.165, 1.54) is 30.9 Å². The summed E-state index contributed by atoms with van der Waals surface area (Å²) in [5.41, 5.74) is 4.84. The van der Waals surface area contributed by atoms with Crippen molar-refractivity contribution in [2.24, 2.45) is 0 Å². The number of amides is 1. The fourth-order valence-electron chi connectivity index (χ4n) is 3.11. The highest BCUT2D eigenvalue weighted by molar-refractivity contribution is 5.97. The van der Waals surface area contributed by atoms with Gasteiger partial charge in [0, 0.05) is 6.92 Å². The first-order chi connectivity index (χ1) is 11.0. The summed E-state index contributed by atoms with van der Waals surface area (Å²) in [5.74, 6) is -0.269. The molecule has 0 radical (unpaired) electrons. The van der Waals surface area contributed by atoms with Crippen LogP contribution in [0.4, 0.5) is 0 Å². The highest BCUT2D eigenvalue weighted by Crippen LogP contribution is 2.24. The molecule has 1 atom stereocenters. The molecule has 1 aromatic carbocycles. The molecule has 4 nitrogen and oxygen atoms in total. The Morgan fingerprint density at radius 1 is 1.04 bits per heavy atom. The summed E-state index contributed by atoms with van der Waals surface area (Å²) in [4.78, 5) is 26.5. The highest BCUT2D eigenvalue weighted by atomic mass is 16.2. The standard InChI is InChI=1S/C19H22N2O2/c1-12(15-8-7-14-5-3-4-6-16(14)11-15)20-19(23)18-10-9-17(21-18)13(2)22/h7-12,21H,3-6H2,1-2H3,(H,20,23). The summed E-state index contributed by atoms with van der Waals surface area (Å²) in [6, 6.07) is 9.72. The SMILES string of the molecule is CC(=O)c1ccc(C(=O)NC(C)c2ccc3c(c2)CCCC3)[nH]1. The lowest BCUT2D eigenvalue weighted by Gasteiger charge is -2.20. The fraction of sp³-hybridized carbons (Fsp3) is 0.368. The number of fused-ring (bicyclic) bond motifs is 1. The van der Waals surface area contributed by atoms with E-state index in [0.29, 0.717) is 11.4 Å². The van der Waals surface area contributed by atoms with E-state index >= 15 is 0 Å². The van der Waals surface area contributed by atoms with Crippen LogP contribution in [0.2, 0.25) is 0 Å². The van der Waals surface area contributed by atoms with Crippen molar-refractivity contribution in [1.29, 1.82) is 0 Å². The average Bonchev–Trinajstić information content (AvgIpc) is 3.04. The normalized spacial score (nSPS) is 14.9. The molecule has 1 unspecified atom stereocenters. The van der Waals surface area contributed by atoms with E-state index in [4.69, 9.17) is 0 Å². The zero-order valence-electron chi connectivity index (χ0n) is 13.6. The van der Waals surface area contributed by atoms with E-state index in [2.05, 4.69) is 28.5 Å². The van der Waals surface area contributed by atoms with Crippen LogP contribution in [0, 0.1) is 0 Å². The number of hydrogen-bond donors (Lipinski definition) is 2. The number of carbonyl (C=O) groups is 2. The minimum Gasteiger partial charge on any atom is -0.348 e. The summed E-state index contributed by atoms with van der Waals surface area (Å²) < 4.78 is 0. The van der Waals surface area contributed by atoms with Gasteiger partial charge in [0.05, 0.1) is 11.7 Å². The third kappa shape index (κ3) is 3.36. The Morgan fingerprint density at radius 2 is 1.74 bits per heavy atom. The lowest BCUT2D eigenvalue weighted by molar-refractivity contribution is 0.0935. The monoisotopic (exact) mass is 310 g/mol. The van der Waals surface area contributed by atoms with Gasteiger partial charge in [0.25, 0.3) is 5.91 Å². The molecule has 0 saturated carbocycles. The Morgan fingerprint density at radius 3 is 2.43 bits per heavy atom. The number of rotatable bonds is 4. The Hall–Kier alpha value is -2.36. The number of ketones is 1. The topological polar surface area (TPSA) is 62.0 Å². The largest absolute Gasteiger partial charge is 0.348 e. The molecule has 1 aliphatic rings. The molecule has 2 N–H and O–H groups in total. The van der Waals surface area contributed by atoms with Crippen molar-refractivity contribution in [2.75, 3.05) is 0 Å². The molecule has 1 heterocycles. The number of benzene rings is 1. The van der Waals surface area contributed by atoms with Crippen molar-refractivity contribution in [3.05, 3.63) is 58.4 Å². The molecule has 0 saturated heterocycles. The van der Waals surface area contributed by atoms with Gasteiger partial charge >= 0.3 is 0 Å². The molecule has 1 amide bonds. The second-order valence-electron chi connectivity index (χ2n) is 6.27. The van der Waals surface area contributed by atoms with Gasteiger partial charge in [-0.05, 0) is 61.4 Å². The van der Waals surface area contributed by atoms with Crippen molar-refractivity contribution >= 4 is 11.7 Å². The number of aryl methyl sites for hydroxylation is 2. The van der Waals surface area contributed by atoms with E-state index < -0.39 is 0 Å². The first-order valence-corrected chi connectivity index (χ1v) is 8.17. The number of Topliss-reactive ketones (excluding diaryl/α,β-unsaturated/α-hetero) is 1. The Balaban J connectivity index is 1.71. The van der Waals surface area contributed by atoms with Gasteiger partial charge in [0.15, 0.2) is 5.78 Å². The molecule has 0 bridgehead atoms. The fourth-order valence-corrected chi connectivity index (χ4v) is 3.11. The van der Waals surface area contributed by atoms with Crippen LogP contribution in [-0.2, 0) is 12.8 Å². The van der Waals surface area contributed by atoms with Crippen LogP contribution in [0.25, 0.3) is 0 Å². The molecule has 120 valence electrons. The van der Waals surface area contributed by atoms with Gasteiger partial charge in [-0.3, -0.25) is 9.59 Å². The molecular weight excluding hydrogens is 288 g/mol. The molecule has 1 aliphatic carbocycles. The van der Waals surface area contributed by atoms with Crippen LogP contribution in [0.5, 0.6) is 0 Å². The maximum Gasteiger partial charge on any atom is 0.268 e. The number of nitrogens with one attached hydrogen (secondary N) is 2. The third-order valence-electron chi connectivity index (χ3n) is 4.53. The summed E-state index contributed by atoms with van der Waals surface area (Å²) in [6.07, 6.45) is 4.80.